The highest BCUT2D eigenvalue weighted by Crippen LogP contribution is 2.35. The Morgan fingerprint density at radius 2 is 1.94 bits per heavy atom. The molecule has 2 aliphatic heterocycles. The first-order valence-electron chi connectivity index (χ1n) is 11.5. The third-order valence-electron chi connectivity index (χ3n) is 6.23. The van der Waals surface area contributed by atoms with Gasteiger partial charge in [-0.25, -0.2) is 8.42 Å². The number of fused-ring (bicyclic) bond motifs is 2. The fourth-order valence-corrected chi connectivity index (χ4v) is 6.95. The van der Waals surface area contributed by atoms with Gasteiger partial charge < -0.3 is 18.8 Å². The summed E-state index contributed by atoms with van der Waals surface area (Å²) < 4.78 is 46.9. The molecule has 0 aliphatic carbocycles. The Balaban J connectivity index is 1.43. The predicted molar refractivity (Wildman–Crippen MR) is 135 cm³/mol. The minimum Gasteiger partial charge on any atom is -0.497 e. The maximum atomic E-state index is 13.2. The first-order chi connectivity index (χ1) is 17.4. The molecule has 11 heteroatoms. The van der Waals surface area contributed by atoms with Crippen LogP contribution in [0.15, 0.2) is 46.3 Å². The second-order valence-electron chi connectivity index (χ2n) is 8.47. The van der Waals surface area contributed by atoms with Crippen LogP contribution in [0, 0.1) is 18.3 Å². The van der Waals surface area contributed by atoms with Gasteiger partial charge in [-0.2, -0.15) is 9.30 Å². The summed E-state index contributed by atoms with van der Waals surface area (Å²) in [5.74, 6) is 3.56. The molecule has 1 unspecified atom stereocenters. The molecule has 2 aliphatic rings. The van der Waals surface area contributed by atoms with Gasteiger partial charge in [0.05, 0.1) is 34.7 Å². The van der Waals surface area contributed by atoms with Crippen LogP contribution in [0.4, 0.5) is 0 Å². The molecule has 1 amide bonds. The topological polar surface area (TPSA) is 99.4 Å². The van der Waals surface area contributed by atoms with Crippen LogP contribution in [0.2, 0.25) is 0 Å². The Morgan fingerprint density at radius 1 is 1.22 bits per heavy atom. The van der Waals surface area contributed by atoms with Gasteiger partial charge >= 0.3 is 0 Å². The van der Waals surface area contributed by atoms with Crippen molar-refractivity contribution in [1.29, 1.82) is 0 Å². The second-order valence-corrected chi connectivity index (χ2v) is 11.4. The van der Waals surface area contributed by atoms with Crippen LogP contribution < -0.4 is 19.0 Å². The number of sulfonamides is 1. The highest BCUT2D eigenvalue weighted by molar-refractivity contribution is 7.89. The van der Waals surface area contributed by atoms with Crippen molar-refractivity contribution in [3.05, 3.63) is 41.2 Å². The lowest BCUT2D eigenvalue weighted by molar-refractivity contribution is -0.122. The highest BCUT2D eigenvalue weighted by atomic mass is 32.2. The molecule has 36 heavy (non-hydrogen) atoms. The Labute approximate surface area is 213 Å². The van der Waals surface area contributed by atoms with E-state index < -0.39 is 15.9 Å². The minimum atomic E-state index is -3.75. The van der Waals surface area contributed by atoms with E-state index in [1.807, 2.05) is 12.1 Å². The number of ether oxygens (including phenoxy) is 3. The summed E-state index contributed by atoms with van der Waals surface area (Å²) in [4.78, 5) is 18.3. The van der Waals surface area contributed by atoms with E-state index >= 15 is 0 Å². The van der Waals surface area contributed by atoms with Crippen LogP contribution in [0.5, 0.6) is 17.2 Å². The Bertz CT molecular complexity index is 1520. The zero-order chi connectivity index (χ0) is 25.3. The smallest absolute Gasteiger partial charge is 0.252 e. The van der Waals surface area contributed by atoms with Gasteiger partial charge in [-0.3, -0.25) is 4.79 Å². The van der Waals surface area contributed by atoms with Gasteiger partial charge in [0.25, 0.3) is 5.91 Å². The molecule has 1 atom stereocenters. The monoisotopic (exact) mass is 527 g/mol. The zero-order valence-electron chi connectivity index (χ0n) is 19.7. The number of nitrogens with zero attached hydrogens (tertiary/aromatic N) is 3. The molecule has 9 nitrogen and oxygen atoms in total. The van der Waals surface area contributed by atoms with E-state index in [9.17, 15) is 13.2 Å². The van der Waals surface area contributed by atoms with Crippen LogP contribution in [0.3, 0.4) is 0 Å². The van der Waals surface area contributed by atoms with E-state index in [0.29, 0.717) is 54.7 Å². The number of amides is 1. The summed E-state index contributed by atoms with van der Waals surface area (Å²) >= 11 is 1.34. The lowest BCUT2D eigenvalue weighted by Gasteiger charge is -2.30. The van der Waals surface area contributed by atoms with Gasteiger partial charge in [0.2, 0.25) is 10.0 Å². The Kier molecular flexibility index (Phi) is 6.75. The maximum Gasteiger partial charge on any atom is 0.252 e. The number of benzene rings is 2. The van der Waals surface area contributed by atoms with Crippen molar-refractivity contribution in [1.82, 2.24) is 8.87 Å². The van der Waals surface area contributed by atoms with Crippen LogP contribution in [-0.2, 0) is 21.4 Å². The second kappa shape index (κ2) is 9.97. The number of rotatable bonds is 5. The molecule has 0 spiro atoms. The number of aromatic nitrogens is 1. The number of methoxy groups -OCH3 is 1. The molecular formula is C25H25N3O6S2. The fourth-order valence-electron chi connectivity index (χ4n) is 4.38. The van der Waals surface area contributed by atoms with Gasteiger partial charge in [0.15, 0.2) is 16.3 Å². The summed E-state index contributed by atoms with van der Waals surface area (Å²) in [7, 11) is -2.22. The molecule has 3 heterocycles. The molecule has 1 aromatic heterocycles. The number of carbonyl (C=O) groups is 1. The average Bonchev–Trinajstić information content (AvgIpc) is 3.23. The number of thiazole rings is 1. The average molecular weight is 528 g/mol. The van der Waals surface area contributed by atoms with Gasteiger partial charge in [0, 0.05) is 25.2 Å². The molecule has 5 rings (SSSR count). The SMILES string of the molecule is C#CCn1c(=NC(=O)C2CCCN(S(=O)(=O)c3ccc(OC)cc3)C2)sc2cc3c(cc21)OCCO3. The normalized spacial score (nSPS) is 18.7. The molecular weight excluding hydrogens is 502 g/mol. The van der Waals surface area contributed by atoms with E-state index in [0.717, 1.165) is 10.2 Å². The van der Waals surface area contributed by atoms with Crippen molar-refractivity contribution in [3.8, 4) is 29.6 Å². The zero-order valence-corrected chi connectivity index (χ0v) is 21.3. The van der Waals surface area contributed by atoms with E-state index in [-0.39, 0.29) is 23.9 Å². The van der Waals surface area contributed by atoms with Crippen molar-refractivity contribution < 1.29 is 27.4 Å². The largest absolute Gasteiger partial charge is 0.497 e. The van der Waals surface area contributed by atoms with Crippen LogP contribution >= 0.6 is 11.3 Å². The van der Waals surface area contributed by atoms with Gasteiger partial charge in [-0.1, -0.05) is 17.3 Å². The minimum absolute atomic E-state index is 0.0761. The predicted octanol–water partition coefficient (Wildman–Crippen LogP) is 2.64. The van der Waals surface area contributed by atoms with E-state index in [1.165, 1.54) is 34.9 Å². The molecule has 2 aromatic carbocycles. The summed E-state index contributed by atoms with van der Waals surface area (Å²) in [5.41, 5.74) is 0.807. The number of hydrogen-bond acceptors (Lipinski definition) is 7. The Morgan fingerprint density at radius 3 is 2.64 bits per heavy atom. The molecule has 188 valence electrons. The number of piperidine rings is 1. The van der Waals surface area contributed by atoms with Gasteiger partial charge in [0.1, 0.15) is 19.0 Å². The fraction of sp³-hybridized carbons (Fsp3) is 0.360. The van der Waals surface area contributed by atoms with Crippen molar-refractivity contribution in [2.45, 2.75) is 24.3 Å². The molecule has 1 fully saturated rings. The molecule has 3 aromatic rings. The summed E-state index contributed by atoms with van der Waals surface area (Å²) in [6.07, 6.45) is 6.73. The lowest BCUT2D eigenvalue weighted by atomic mass is 9.99. The number of terminal acetylenes is 1. The highest BCUT2D eigenvalue weighted by Gasteiger charge is 2.33. The van der Waals surface area contributed by atoms with Crippen LogP contribution in [0.25, 0.3) is 10.2 Å². The van der Waals surface area contributed by atoms with E-state index in [1.54, 1.807) is 16.7 Å². The quantitative estimate of drug-likeness (QED) is 0.473. The van der Waals surface area contributed by atoms with Crippen molar-refractivity contribution in [3.63, 3.8) is 0 Å². The van der Waals surface area contributed by atoms with Crippen molar-refractivity contribution >= 4 is 37.5 Å². The maximum absolute atomic E-state index is 13.2. The summed E-state index contributed by atoms with van der Waals surface area (Å²) in [6, 6.07) is 9.95. The Hall–Kier alpha value is -3.33. The van der Waals surface area contributed by atoms with Gasteiger partial charge in [-0.15, -0.1) is 6.42 Å². The van der Waals surface area contributed by atoms with Crippen molar-refractivity contribution in [2.75, 3.05) is 33.4 Å². The van der Waals surface area contributed by atoms with E-state index in [2.05, 4.69) is 10.9 Å². The molecule has 1 saturated heterocycles. The first-order valence-corrected chi connectivity index (χ1v) is 13.8. The summed E-state index contributed by atoms with van der Waals surface area (Å²) in [5, 5.41) is 0. The third-order valence-corrected chi connectivity index (χ3v) is 9.15. The number of hydrogen-bond donors (Lipinski definition) is 0. The summed E-state index contributed by atoms with van der Waals surface area (Å²) in [6.45, 7) is 1.59. The van der Waals surface area contributed by atoms with Gasteiger partial charge in [-0.05, 0) is 37.1 Å². The molecule has 0 N–H and O–H groups in total. The standard InChI is InChI=1S/C25H25N3O6S2/c1-3-10-28-20-14-21-22(34-13-12-33-21)15-23(20)35-25(28)26-24(29)17-5-4-11-27(16-17)36(30,31)19-8-6-18(32-2)7-9-19/h1,6-9,14-15,17H,4-5,10-13,16H2,2H3. The number of carbonyl (C=O) groups excluding carboxylic acids is 1. The van der Waals surface area contributed by atoms with Crippen LogP contribution in [0.1, 0.15) is 12.8 Å². The first kappa shape index (κ1) is 24.4. The third kappa shape index (κ3) is 4.59. The lowest BCUT2D eigenvalue weighted by Crippen LogP contribution is -2.42. The van der Waals surface area contributed by atoms with E-state index in [4.69, 9.17) is 20.6 Å². The molecule has 0 radical (unpaired) electrons. The molecule has 0 bridgehead atoms. The van der Waals surface area contributed by atoms with Crippen molar-refractivity contribution in [2.24, 2.45) is 10.9 Å². The molecule has 0 saturated carbocycles. The van der Waals surface area contributed by atoms with Crippen LogP contribution in [-0.4, -0.2) is 56.6 Å².